The summed E-state index contributed by atoms with van der Waals surface area (Å²) in [5.74, 6) is -0.681. The highest BCUT2D eigenvalue weighted by atomic mass is 35.5. The van der Waals surface area contributed by atoms with Gasteiger partial charge in [-0.25, -0.2) is 4.39 Å². The first-order valence-corrected chi connectivity index (χ1v) is 9.89. The Bertz CT molecular complexity index is 989. The van der Waals surface area contributed by atoms with Gasteiger partial charge in [0, 0.05) is 13.1 Å². The monoisotopic (exact) mass is 414 g/mol. The van der Waals surface area contributed by atoms with E-state index in [4.69, 9.17) is 16.0 Å². The fraction of sp³-hybridized carbons (Fsp3) is 0.286. The minimum atomic E-state index is -0.657. The van der Waals surface area contributed by atoms with Gasteiger partial charge in [-0.3, -0.25) is 4.79 Å². The molecule has 29 heavy (non-hydrogen) atoms. The topological polar surface area (TPSA) is 71.3 Å². The zero-order valence-corrected chi connectivity index (χ0v) is 16.4. The molecular weight excluding hydrogens is 395 g/mol. The Morgan fingerprint density at radius 1 is 1.10 bits per heavy atom. The Labute approximate surface area is 172 Å². The first-order valence-electron chi connectivity index (χ1n) is 9.51. The number of nitrogens with zero attached hydrogens (tertiary/aromatic N) is 3. The van der Waals surface area contributed by atoms with Crippen molar-refractivity contribution in [1.29, 1.82) is 0 Å². The number of hydrogen-bond donors (Lipinski definition) is 1. The van der Waals surface area contributed by atoms with E-state index in [0.717, 1.165) is 37.6 Å². The second-order valence-electron chi connectivity index (χ2n) is 6.91. The molecule has 0 aliphatic carbocycles. The maximum atomic E-state index is 13.3. The van der Waals surface area contributed by atoms with Crippen LogP contribution in [0.2, 0.25) is 5.02 Å². The van der Waals surface area contributed by atoms with Crippen molar-refractivity contribution in [3.8, 4) is 0 Å². The van der Waals surface area contributed by atoms with Crippen LogP contribution in [0.25, 0.3) is 0 Å². The van der Waals surface area contributed by atoms with E-state index >= 15 is 0 Å². The molecular formula is C21H20ClFN4O2. The van der Waals surface area contributed by atoms with Gasteiger partial charge < -0.3 is 14.6 Å². The molecule has 2 heterocycles. The molecule has 1 saturated heterocycles. The summed E-state index contributed by atoms with van der Waals surface area (Å²) in [6.45, 7) is 1.74. The summed E-state index contributed by atoms with van der Waals surface area (Å²) in [4.78, 5) is 14.9. The van der Waals surface area contributed by atoms with E-state index in [-0.39, 0.29) is 16.5 Å². The zero-order chi connectivity index (χ0) is 20.2. The zero-order valence-electron chi connectivity index (χ0n) is 15.6. The molecule has 0 unspecified atom stereocenters. The molecule has 0 saturated carbocycles. The van der Waals surface area contributed by atoms with Crippen molar-refractivity contribution >= 4 is 23.5 Å². The van der Waals surface area contributed by atoms with E-state index in [2.05, 4.69) is 20.4 Å². The van der Waals surface area contributed by atoms with E-state index in [1.165, 1.54) is 18.6 Å². The van der Waals surface area contributed by atoms with Crippen molar-refractivity contribution in [2.45, 2.75) is 25.3 Å². The van der Waals surface area contributed by atoms with Gasteiger partial charge in [0.1, 0.15) is 11.9 Å². The Morgan fingerprint density at radius 2 is 1.86 bits per heavy atom. The lowest BCUT2D eigenvalue weighted by molar-refractivity contribution is 0.0938. The third kappa shape index (κ3) is 4.40. The second kappa shape index (κ2) is 8.61. The average molecular weight is 415 g/mol. The summed E-state index contributed by atoms with van der Waals surface area (Å²) in [6.07, 6.45) is 3.36. The highest BCUT2D eigenvalue weighted by Crippen LogP contribution is 2.26. The molecule has 1 fully saturated rings. The van der Waals surface area contributed by atoms with Crippen LogP contribution in [0.4, 0.5) is 10.4 Å². The van der Waals surface area contributed by atoms with E-state index in [9.17, 15) is 9.18 Å². The predicted octanol–water partition coefficient (Wildman–Crippen LogP) is 4.37. The Kier molecular flexibility index (Phi) is 5.76. The molecule has 1 aromatic heterocycles. The fourth-order valence-electron chi connectivity index (χ4n) is 3.37. The van der Waals surface area contributed by atoms with Gasteiger partial charge in [0.2, 0.25) is 5.89 Å². The van der Waals surface area contributed by atoms with Crippen LogP contribution in [0.1, 0.15) is 47.1 Å². The number of carbonyl (C=O) groups is 1. The second-order valence-corrected chi connectivity index (χ2v) is 7.32. The highest BCUT2D eigenvalue weighted by Gasteiger charge is 2.26. The van der Waals surface area contributed by atoms with E-state index in [0.29, 0.717) is 6.01 Å². The standard InChI is InChI=1S/C21H20ClFN4O2/c22-17-13-15(23)9-10-16(17)19(28)24-18(14-7-3-1-4-8-14)20-25-26-21(29-20)27-11-5-2-6-12-27/h1,3-4,7-10,13,18H,2,5-6,11-12H2,(H,24,28)/t18-/m0/s1. The number of benzene rings is 2. The van der Waals surface area contributed by atoms with Crippen molar-refractivity contribution < 1.29 is 13.6 Å². The van der Waals surface area contributed by atoms with Gasteiger partial charge in [-0.05, 0) is 43.0 Å². The van der Waals surface area contributed by atoms with Crippen LogP contribution >= 0.6 is 11.6 Å². The summed E-state index contributed by atoms with van der Waals surface area (Å²) >= 11 is 6.05. The lowest BCUT2D eigenvalue weighted by Crippen LogP contribution is -2.30. The number of nitrogens with one attached hydrogen (secondary N) is 1. The van der Waals surface area contributed by atoms with Gasteiger partial charge in [0.25, 0.3) is 5.91 Å². The maximum Gasteiger partial charge on any atom is 0.318 e. The van der Waals surface area contributed by atoms with Crippen molar-refractivity contribution in [1.82, 2.24) is 15.5 Å². The Balaban J connectivity index is 1.62. The maximum absolute atomic E-state index is 13.3. The Morgan fingerprint density at radius 3 is 2.59 bits per heavy atom. The number of aromatic nitrogens is 2. The van der Waals surface area contributed by atoms with Gasteiger partial charge in [-0.15, -0.1) is 5.10 Å². The summed E-state index contributed by atoms with van der Waals surface area (Å²) in [6, 6.07) is 12.8. The van der Waals surface area contributed by atoms with Crippen molar-refractivity contribution in [3.63, 3.8) is 0 Å². The van der Waals surface area contributed by atoms with Crippen LogP contribution < -0.4 is 10.2 Å². The first kappa shape index (κ1) is 19.4. The summed E-state index contributed by atoms with van der Waals surface area (Å²) < 4.78 is 19.3. The number of hydrogen-bond acceptors (Lipinski definition) is 5. The molecule has 1 amide bonds. The molecule has 1 aliphatic rings. The van der Waals surface area contributed by atoms with Crippen LogP contribution in [0.15, 0.2) is 52.9 Å². The Hall–Kier alpha value is -2.93. The molecule has 0 radical (unpaired) electrons. The van der Waals surface area contributed by atoms with Gasteiger partial charge >= 0.3 is 6.01 Å². The molecule has 0 spiro atoms. The van der Waals surface area contributed by atoms with E-state index in [1.54, 1.807) is 0 Å². The van der Waals surface area contributed by atoms with Crippen molar-refractivity contribution in [2.75, 3.05) is 18.0 Å². The van der Waals surface area contributed by atoms with Gasteiger partial charge in [0.15, 0.2) is 0 Å². The van der Waals surface area contributed by atoms with Crippen molar-refractivity contribution in [2.24, 2.45) is 0 Å². The molecule has 1 atom stereocenters. The molecule has 6 nitrogen and oxygen atoms in total. The number of amides is 1. The van der Waals surface area contributed by atoms with Crippen molar-refractivity contribution in [3.05, 3.63) is 76.4 Å². The van der Waals surface area contributed by atoms with Crippen LogP contribution in [-0.2, 0) is 0 Å². The van der Waals surface area contributed by atoms with Crippen LogP contribution in [-0.4, -0.2) is 29.2 Å². The summed E-state index contributed by atoms with van der Waals surface area (Å²) in [5, 5.41) is 11.3. The van der Waals surface area contributed by atoms with Crippen LogP contribution in [0.5, 0.6) is 0 Å². The number of halogens is 2. The normalized spacial score (nSPS) is 15.2. The molecule has 0 bridgehead atoms. The smallest absolute Gasteiger partial charge is 0.318 e. The third-order valence-corrected chi connectivity index (χ3v) is 5.20. The van der Waals surface area contributed by atoms with E-state index < -0.39 is 17.8 Å². The SMILES string of the molecule is O=C(N[C@@H](c1ccccc1)c1nnc(N2CCCCC2)o1)c1ccc(F)cc1Cl. The first-order chi connectivity index (χ1) is 14.1. The van der Waals surface area contributed by atoms with Gasteiger partial charge in [-0.1, -0.05) is 47.0 Å². The summed E-state index contributed by atoms with van der Waals surface area (Å²) in [7, 11) is 0. The minimum Gasteiger partial charge on any atom is -0.405 e. The molecule has 1 N–H and O–H groups in total. The molecule has 8 heteroatoms. The molecule has 3 aromatic rings. The van der Waals surface area contributed by atoms with Gasteiger partial charge in [-0.2, -0.15) is 0 Å². The lowest BCUT2D eigenvalue weighted by atomic mass is 10.1. The minimum absolute atomic E-state index is 0.0360. The number of carbonyl (C=O) groups excluding carboxylic acids is 1. The van der Waals surface area contributed by atoms with Crippen LogP contribution in [0, 0.1) is 5.82 Å². The molecule has 2 aromatic carbocycles. The summed E-state index contributed by atoms with van der Waals surface area (Å²) in [5.41, 5.74) is 0.956. The molecule has 4 rings (SSSR count). The lowest BCUT2D eigenvalue weighted by Gasteiger charge is -2.24. The molecule has 150 valence electrons. The number of anilines is 1. The quantitative estimate of drug-likeness (QED) is 0.671. The number of rotatable bonds is 5. The van der Waals surface area contributed by atoms with E-state index in [1.807, 2.05) is 30.3 Å². The molecule has 1 aliphatic heterocycles. The highest BCUT2D eigenvalue weighted by molar-refractivity contribution is 6.33. The largest absolute Gasteiger partial charge is 0.405 e. The fourth-order valence-corrected chi connectivity index (χ4v) is 3.62. The third-order valence-electron chi connectivity index (χ3n) is 4.89. The van der Waals surface area contributed by atoms with Gasteiger partial charge in [0.05, 0.1) is 10.6 Å². The van der Waals surface area contributed by atoms with Crippen LogP contribution in [0.3, 0.4) is 0 Å². The average Bonchev–Trinajstić information content (AvgIpc) is 3.23. The number of piperidine rings is 1. The predicted molar refractivity (Wildman–Crippen MR) is 108 cm³/mol.